The lowest BCUT2D eigenvalue weighted by Gasteiger charge is -1.82. The number of hydrogen-bond donors (Lipinski definition) is 0. The van der Waals surface area contributed by atoms with Crippen LogP contribution >= 0.6 is 0 Å². The van der Waals surface area contributed by atoms with Crippen LogP contribution in [0.4, 0.5) is 0 Å². The van der Waals surface area contributed by atoms with Crippen LogP contribution < -0.4 is 0 Å². The van der Waals surface area contributed by atoms with Crippen LogP contribution in [0.1, 0.15) is 40.7 Å². The van der Waals surface area contributed by atoms with Crippen molar-refractivity contribution >= 4 is 8.41 Å². The number of benzene rings is 2. The monoisotopic (exact) mass is 349 g/mol. The van der Waals surface area contributed by atoms with Crippen molar-refractivity contribution in [2.45, 2.75) is 42.0 Å². The SMILES string of the molecule is C.CC.CC.COC.COC.Cc1ccccc1.[B].c1ccccc1. The van der Waals surface area contributed by atoms with Gasteiger partial charge in [0.1, 0.15) is 0 Å². The van der Waals surface area contributed by atoms with Gasteiger partial charge in [-0.05, 0) is 6.92 Å². The van der Waals surface area contributed by atoms with E-state index in [1.54, 1.807) is 28.4 Å². The third-order valence-electron chi connectivity index (χ3n) is 1.61. The highest BCUT2D eigenvalue weighted by Gasteiger charge is 1.72. The van der Waals surface area contributed by atoms with Crippen molar-refractivity contribution in [1.29, 1.82) is 0 Å². The Hall–Kier alpha value is -1.58. The van der Waals surface area contributed by atoms with Gasteiger partial charge in [-0.25, -0.2) is 0 Å². The Morgan fingerprint density at radius 1 is 0.520 bits per heavy atom. The maximum absolute atomic E-state index is 4.25. The van der Waals surface area contributed by atoms with Crippen LogP contribution in [0.5, 0.6) is 0 Å². The Morgan fingerprint density at radius 3 is 0.800 bits per heavy atom. The number of hydrogen-bond acceptors (Lipinski definition) is 2. The van der Waals surface area contributed by atoms with E-state index in [9.17, 15) is 0 Å². The number of methoxy groups -OCH3 is 2. The molecule has 3 heteroatoms. The van der Waals surface area contributed by atoms with Gasteiger partial charge in [0.15, 0.2) is 0 Å². The molecule has 0 aromatic heterocycles. The lowest BCUT2D eigenvalue weighted by Crippen LogP contribution is -1.62. The number of rotatable bonds is 0. The van der Waals surface area contributed by atoms with E-state index in [2.05, 4.69) is 28.5 Å². The first-order chi connectivity index (χ1) is 11.2. The molecule has 2 nitrogen and oxygen atoms in total. The average Bonchev–Trinajstić information content (AvgIpc) is 2.63. The fraction of sp³-hybridized carbons (Fsp3) is 0.455. The highest BCUT2D eigenvalue weighted by atomic mass is 16.5. The van der Waals surface area contributed by atoms with Gasteiger partial charge in [0.2, 0.25) is 0 Å². The molecule has 0 fully saturated rings. The van der Waals surface area contributed by atoms with Gasteiger partial charge in [0, 0.05) is 36.9 Å². The lowest BCUT2D eigenvalue weighted by atomic mass is 10.2. The summed E-state index contributed by atoms with van der Waals surface area (Å²) in [5, 5.41) is 0. The Bertz CT molecular complexity index is 311. The summed E-state index contributed by atoms with van der Waals surface area (Å²) in [5.41, 5.74) is 1.32. The van der Waals surface area contributed by atoms with Crippen LogP contribution in [0.3, 0.4) is 0 Å². The van der Waals surface area contributed by atoms with Crippen molar-refractivity contribution in [3.8, 4) is 0 Å². The lowest BCUT2D eigenvalue weighted by molar-refractivity contribution is 0.277. The molecular formula is C22H42BO2. The van der Waals surface area contributed by atoms with E-state index >= 15 is 0 Å². The second kappa shape index (κ2) is 49.5. The minimum atomic E-state index is 0. The first-order valence-electron chi connectivity index (χ1n) is 8.04. The minimum absolute atomic E-state index is 0. The summed E-state index contributed by atoms with van der Waals surface area (Å²) in [6.45, 7) is 10.1. The fourth-order valence-corrected chi connectivity index (χ4v) is 0.919. The molecule has 0 spiro atoms. The maximum atomic E-state index is 4.25. The standard InChI is InChI=1S/C7H8.C6H6.2C2H6O.2C2H6.CH4.B/c1-7-5-3-2-4-6-7;1-2-4-6-5-3-1;2*1-3-2;2*1-2;;/h2-6H,1H3;1-6H;2*1-2H3;2*1-2H3;1H4;. The summed E-state index contributed by atoms with van der Waals surface area (Å²) in [7, 11) is 6.50. The predicted octanol–water partition coefficient (Wildman–Crippen LogP) is 6.51. The second-order valence-corrected chi connectivity index (χ2v) is 3.63. The van der Waals surface area contributed by atoms with Crippen molar-refractivity contribution in [2.75, 3.05) is 28.4 Å². The van der Waals surface area contributed by atoms with E-state index in [-0.39, 0.29) is 15.8 Å². The van der Waals surface area contributed by atoms with Crippen molar-refractivity contribution in [1.82, 2.24) is 0 Å². The summed E-state index contributed by atoms with van der Waals surface area (Å²) in [4.78, 5) is 0. The molecule has 2 rings (SSSR count). The molecule has 0 heterocycles. The number of ether oxygens (including phenoxy) is 2. The third kappa shape index (κ3) is 60.6. The molecule has 0 aliphatic rings. The van der Waals surface area contributed by atoms with Gasteiger partial charge in [-0.15, -0.1) is 0 Å². The van der Waals surface area contributed by atoms with Gasteiger partial charge >= 0.3 is 0 Å². The zero-order valence-corrected chi connectivity index (χ0v) is 17.2. The molecule has 0 amide bonds. The molecule has 2 aromatic rings. The van der Waals surface area contributed by atoms with Crippen molar-refractivity contribution in [3.05, 3.63) is 72.3 Å². The van der Waals surface area contributed by atoms with E-state index in [0.29, 0.717) is 0 Å². The topological polar surface area (TPSA) is 18.5 Å². The van der Waals surface area contributed by atoms with E-state index in [1.807, 2.05) is 82.3 Å². The van der Waals surface area contributed by atoms with E-state index in [4.69, 9.17) is 0 Å². The van der Waals surface area contributed by atoms with E-state index in [1.165, 1.54) is 5.56 Å². The fourth-order valence-electron chi connectivity index (χ4n) is 0.919. The zero-order valence-electron chi connectivity index (χ0n) is 17.2. The molecular weight excluding hydrogens is 307 g/mol. The van der Waals surface area contributed by atoms with Crippen LogP contribution in [-0.2, 0) is 9.47 Å². The largest absolute Gasteiger partial charge is 0.388 e. The Morgan fingerprint density at radius 2 is 0.680 bits per heavy atom. The molecule has 0 aliphatic carbocycles. The summed E-state index contributed by atoms with van der Waals surface area (Å²) in [6, 6.07) is 22.3. The second-order valence-electron chi connectivity index (χ2n) is 3.63. The van der Waals surface area contributed by atoms with Gasteiger partial charge in [-0.3, -0.25) is 0 Å². The molecule has 25 heavy (non-hydrogen) atoms. The molecule has 2 aromatic carbocycles. The Balaban J connectivity index is -0.0000000462. The predicted molar refractivity (Wildman–Crippen MR) is 119 cm³/mol. The summed E-state index contributed by atoms with van der Waals surface area (Å²) < 4.78 is 8.50. The molecule has 145 valence electrons. The van der Waals surface area contributed by atoms with Crippen LogP contribution in [0.15, 0.2) is 66.7 Å². The van der Waals surface area contributed by atoms with E-state index in [0.717, 1.165) is 0 Å². The molecule has 0 saturated heterocycles. The Kier molecular flexibility index (Phi) is 76.8. The summed E-state index contributed by atoms with van der Waals surface area (Å²) in [6.07, 6.45) is 0. The third-order valence-corrected chi connectivity index (χ3v) is 1.61. The van der Waals surface area contributed by atoms with Crippen molar-refractivity contribution in [3.63, 3.8) is 0 Å². The molecule has 0 atom stereocenters. The van der Waals surface area contributed by atoms with Crippen LogP contribution in [-0.4, -0.2) is 36.9 Å². The summed E-state index contributed by atoms with van der Waals surface area (Å²) >= 11 is 0. The first kappa shape index (κ1) is 38.8. The molecule has 0 bridgehead atoms. The Labute approximate surface area is 161 Å². The van der Waals surface area contributed by atoms with Crippen molar-refractivity contribution in [2.24, 2.45) is 0 Å². The maximum Gasteiger partial charge on any atom is 0.0351 e. The highest BCUT2D eigenvalue weighted by molar-refractivity contribution is 5.75. The molecule has 0 N–H and O–H groups in total. The molecule has 3 radical (unpaired) electrons. The van der Waals surface area contributed by atoms with Gasteiger partial charge in [0.05, 0.1) is 0 Å². The van der Waals surface area contributed by atoms with Crippen LogP contribution in [0, 0.1) is 6.92 Å². The smallest absolute Gasteiger partial charge is 0.0351 e. The van der Waals surface area contributed by atoms with Gasteiger partial charge in [-0.2, -0.15) is 0 Å². The van der Waals surface area contributed by atoms with Crippen molar-refractivity contribution < 1.29 is 9.47 Å². The van der Waals surface area contributed by atoms with Gasteiger partial charge in [-0.1, -0.05) is 107 Å². The van der Waals surface area contributed by atoms with Gasteiger partial charge in [0.25, 0.3) is 0 Å². The van der Waals surface area contributed by atoms with E-state index < -0.39 is 0 Å². The molecule has 0 unspecified atom stereocenters. The molecule has 0 saturated carbocycles. The average molecular weight is 349 g/mol. The van der Waals surface area contributed by atoms with Crippen LogP contribution in [0.2, 0.25) is 0 Å². The first-order valence-corrected chi connectivity index (χ1v) is 8.04. The summed E-state index contributed by atoms with van der Waals surface area (Å²) in [5.74, 6) is 0. The van der Waals surface area contributed by atoms with Gasteiger partial charge < -0.3 is 9.47 Å². The normalized spacial score (nSPS) is 6.28. The molecule has 0 aliphatic heterocycles. The van der Waals surface area contributed by atoms with Crippen LogP contribution in [0.25, 0.3) is 0 Å². The zero-order chi connectivity index (χ0) is 18.8. The number of aryl methyl sites for hydroxylation is 1. The minimum Gasteiger partial charge on any atom is -0.388 e. The highest BCUT2D eigenvalue weighted by Crippen LogP contribution is 1.92. The quantitative estimate of drug-likeness (QED) is 0.504.